The highest BCUT2D eigenvalue weighted by molar-refractivity contribution is 5.92. The maximum absolute atomic E-state index is 12.5. The van der Waals surface area contributed by atoms with Crippen LogP contribution in [0.5, 0.6) is 0 Å². The molecule has 0 bridgehead atoms. The Labute approximate surface area is 114 Å². The molecule has 0 spiro atoms. The molecule has 6 nitrogen and oxygen atoms in total. The Bertz CT molecular complexity index is 398. The molecule has 0 aromatic heterocycles. The Morgan fingerprint density at radius 2 is 1.95 bits per heavy atom. The second-order valence-corrected chi connectivity index (χ2v) is 6.94. The molecule has 4 N–H and O–H groups in total. The molecule has 0 radical (unpaired) electrons. The van der Waals surface area contributed by atoms with Crippen LogP contribution in [0.1, 0.15) is 41.5 Å². The second-order valence-electron chi connectivity index (χ2n) is 6.94. The third kappa shape index (κ3) is 3.00. The minimum atomic E-state index is -0.763. The van der Waals surface area contributed by atoms with Crippen molar-refractivity contribution in [2.24, 2.45) is 22.2 Å². The number of ether oxygens (including phenoxy) is 1. The van der Waals surface area contributed by atoms with Crippen molar-refractivity contribution in [3.8, 4) is 0 Å². The van der Waals surface area contributed by atoms with Gasteiger partial charge in [-0.2, -0.15) is 0 Å². The lowest BCUT2D eigenvalue weighted by molar-refractivity contribution is -0.164. The summed E-state index contributed by atoms with van der Waals surface area (Å²) in [4.78, 5) is 12.5. The smallest absolute Gasteiger partial charge is 0.312 e. The van der Waals surface area contributed by atoms with Crippen LogP contribution in [0.25, 0.3) is 0 Å². The average molecular weight is 271 g/mol. The van der Waals surface area contributed by atoms with Gasteiger partial charge in [0.25, 0.3) is 0 Å². The molecular weight excluding hydrogens is 246 g/mol. The molecule has 0 aromatic rings. The number of esters is 1. The fourth-order valence-corrected chi connectivity index (χ4v) is 2.68. The first-order valence-electron chi connectivity index (χ1n) is 6.40. The summed E-state index contributed by atoms with van der Waals surface area (Å²) < 4.78 is 5.48. The fourth-order valence-electron chi connectivity index (χ4n) is 2.68. The highest BCUT2D eigenvalue weighted by atomic mass is 16.6. The summed E-state index contributed by atoms with van der Waals surface area (Å²) in [5.74, 6) is -0.812. The number of amidine groups is 1. The first-order chi connectivity index (χ1) is 8.44. The van der Waals surface area contributed by atoms with Gasteiger partial charge in [-0.25, -0.2) is 0 Å². The van der Waals surface area contributed by atoms with E-state index < -0.39 is 22.5 Å². The van der Waals surface area contributed by atoms with Crippen LogP contribution in [0.15, 0.2) is 5.16 Å². The van der Waals surface area contributed by atoms with E-state index in [0.29, 0.717) is 6.54 Å². The maximum atomic E-state index is 12.5. The number of carbonyl (C=O) groups is 1. The number of hydrogen-bond acceptors (Lipinski definition) is 5. The van der Waals surface area contributed by atoms with E-state index in [1.807, 2.05) is 34.6 Å². The van der Waals surface area contributed by atoms with Crippen LogP contribution in [0.4, 0.5) is 0 Å². The summed E-state index contributed by atoms with van der Waals surface area (Å²) in [5, 5.41) is 15.3. The number of rotatable bonds is 2. The summed E-state index contributed by atoms with van der Waals surface area (Å²) in [6.45, 7) is 11.6. The molecule has 0 amide bonds. The molecule has 1 aliphatic heterocycles. The van der Waals surface area contributed by atoms with Gasteiger partial charge in [0.15, 0.2) is 0 Å². The van der Waals surface area contributed by atoms with Gasteiger partial charge in [0, 0.05) is 12.1 Å². The maximum Gasteiger partial charge on any atom is 0.312 e. The number of nitrogens with zero attached hydrogens (tertiary/aromatic N) is 1. The zero-order chi connectivity index (χ0) is 15.1. The van der Waals surface area contributed by atoms with Crippen molar-refractivity contribution >= 4 is 11.8 Å². The van der Waals surface area contributed by atoms with Crippen LogP contribution in [-0.4, -0.2) is 34.7 Å². The Morgan fingerprint density at radius 1 is 1.42 bits per heavy atom. The molecule has 1 heterocycles. The van der Waals surface area contributed by atoms with Crippen molar-refractivity contribution in [1.82, 2.24) is 5.32 Å². The Morgan fingerprint density at radius 3 is 2.37 bits per heavy atom. The van der Waals surface area contributed by atoms with Gasteiger partial charge >= 0.3 is 5.97 Å². The SMILES string of the molecule is CC(C)(C)OC(=O)C1C(C)(C)NCC1(C)/C(N)=N\O. The summed E-state index contributed by atoms with van der Waals surface area (Å²) in [6.07, 6.45) is 0. The molecule has 1 saturated heterocycles. The molecule has 1 aliphatic rings. The van der Waals surface area contributed by atoms with Gasteiger partial charge in [0.2, 0.25) is 0 Å². The normalized spacial score (nSPS) is 31.3. The molecule has 0 aliphatic carbocycles. The van der Waals surface area contributed by atoms with E-state index in [1.165, 1.54) is 0 Å². The van der Waals surface area contributed by atoms with Crippen molar-refractivity contribution < 1.29 is 14.7 Å². The minimum absolute atomic E-state index is 0.0430. The van der Waals surface area contributed by atoms with Gasteiger partial charge in [-0.05, 0) is 34.6 Å². The number of oxime groups is 1. The predicted octanol–water partition coefficient (Wildman–Crippen LogP) is 1.08. The predicted molar refractivity (Wildman–Crippen MR) is 72.9 cm³/mol. The van der Waals surface area contributed by atoms with Crippen molar-refractivity contribution in [1.29, 1.82) is 0 Å². The Hall–Kier alpha value is -1.30. The van der Waals surface area contributed by atoms with Crippen LogP contribution >= 0.6 is 0 Å². The molecule has 2 unspecified atom stereocenters. The molecule has 19 heavy (non-hydrogen) atoms. The molecule has 1 fully saturated rings. The van der Waals surface area contributed by atoms with E-state index in [-0.39, 0.29) is 11.8 Å². The third-order valence-corrected chi connectivity index (χ3v) is 3.61. The van der Waals surface area contributed by atoms with Crippen molar-refractivity contribution in [3.63, 3.8) is 0 Å². The molecule has 0 saturated carbocycles. The lowest BCUT2D eigenvalue weighted by Crippen LogP contribution is -2.50. The largest absolute Gasteiger partial charge is 0.460 e. The number of carbonyl (C=O) groups excluding carboxylic acids is 1. The van der Waals surface area contributed by atoms with E-state index in [0.717, 1.165) is 0 Å². The molecule has 0 aromatic carbocycles. The third-order valence-electron chi connectivity index (χ3n) is 3.61. The van der Waals surface area contributed by atoms with Gasteiger partial charge in [0.1, 0.15) is 11.4 Å². The van der Waals surface area contributed by atoms with Crippen LogP contribution in [-0.2, 0) is 9.53 Å². The van der Waals surface area contributed by atoms with Gasteiger partial charge in [-0.3, -0.25) is 4.79 Å². The van der Waals surface area contributed by atoms with Gasteiger partial charge in [0.05, 0.1) is 11.3 Å². The summed E-state index contributed by atoms with van der Waals surface area (Å²) in [6, 6.07) is 0. The summed E-state index contributed by atoms with van der Waals surface area (Å²) >= 11 is 0. The van der Waals surface area contributed by atoms with Crippen molar-refractivity contribution in [3.05, 3.63) is 0 Å². The van der Waals surface area contributed by atoms with E-state index in [1.54, 1.807) is 6.92 Å². The van der Waals surface area contributed by atoms with E-state index in [2.05, 4.69) is 10.5 Å². The highest BCUT2D eigenvalue weighted by Crippen LogP contribution is 2.42. The molecule has 2 atom stereocenters. The molecule has 6 heteroatoms. The number of nitrogens with one attached hydrogen (secondary N) is 1. The number of hydrogen-bond donors (Lipinski definition) is 3. The van der Waals surface area contributed by atoms with Crippen molar-refractivity contribution in [2.75, 3.05) is 6.54 Å². The minimum Gasteiger partial charge on any atom is -0.460 e. The quantitative estimate of drug-likeness (QED) is 0.229. The van der Waals surface area contributed by atoms with E-state index in [4.69, 9.17) is 15.7 Å². The monoisotopic (exact) mass is 271 g/mol. The Balaban J connectivity index is 3.14. The number of nitrogens with two attached hydrogens (primary N) is 1. The highest BCUT2D eigenvalue weighted by Gasteiger charge is 2.57. The van der Waals surface area contributed by atoms with E-state index in [9.17, 15) is 4.79 Å². The molecule has 110 valence electrons. The van der Waals surface area contributed by atoms with Crippen molar-refractivity contribution in [2.45, 2.75) is 52.7 Å². The van der Waals surface area contributed by atoms with Gasteiger partial charge in [-0.1, -0.05) is 12.1 Å². The fraction of sp³-hybridized carbons (Fsp3) is 0.846. The second kappa shape index (κ2) is 4.67. The molecular formula is C13H25N3O3. The van der Waals surface area contributed by atoms with Crippen LogP contribution in [0, 0.1) is 11.3 Å². The lowest BCUT2D eigenvalue weighted by atomic mass is 9.71. The molecule has 1 rings (SSSR count). The first-order valence-corrected chi connectivity index (χ1v) is 6.40. The summed E-state index contributed by atoms with van der Waals surface area (Å²) in [7, 11) is 0. The zero-order valence-corrected chi connectivity index (χ0v) is 12.6. The Kier molecular flexibility index (Phi) is 3.87. The van der Waals surface area contributed by atoms with E-state index >= 15 is 0 Å². The zero-order valence-electron chi connectivity index (χ0n) is 12.6. The van der Waals surface area contributed by atoms with Crippen LogP contribution in [0.3, 0.4) is 0 Å². The van der Waals surface area contributed by atoms with Gasteiger partial charge in [-0.15, -0.1) is 0 Å². The lowest BCUT2D eigenvalue weighted by Gasteiger charge is -2.35. The van der Waals surface area contributed by atoms with Crippen LogP contribution < -0.4 is 11.1 Å². The first kappa shape index (κ1) is 15.8. The van der Waals surface area contributed by atoms with Gasteiger partial charge < -0.3 is 21.0 Å². The summed E-state index contributed by atoms with van der Waals surface area (Å²) in [5.41, 5.74) is 3.97. The standard InChI is InChI=1S/C13H25N3O3/c1-11(2,3)19-9(17)8-12(4,5)15-7-13(8,6)10(14)16-18/h8,15,18H,7H2,1-6H3,(H2,14,16). The average Bonchev–Trinajstić information content (AvgIpc) is 2.47. The topological polar surface area (TPSA) is 96.9 Å². The van der Waals surface area contributed by atoms with Crippen LogP contribution in [0.2, 0.25) is 0 Å².